The minimum absolute atomic E-state index is 0.479. The van der Waals surface area contributed by atoms with Crippen LogP contribution in [0.15, 0.2) is 18.2 Å². The summed E-state index contributed by atoms with van der Waals surface area (Å²) in [6.45, 7) is 4.52. The maximum atomic E-state index is 5.98. The van der Waals surface area contributed by atoms with Crippen molar-refractivity contribution >= 4 is 11.6 Å². The van der Waals surface area contributed by atoms with Gasteiger partial charge in [0.2, 0.25) is 0 Å². The van der Waals surface area contributed by atoms with Crippen LogP contribution in [0.5, 0.6) is 0 Å². The van der Waals surface area contributed by atoms with Gasteiger partial charge in [0.1, 0.15) is 0 Å². The molecule has 0 aliphatic heterocycles. The average molecular weight is 240 g/mol. The molecule has 0 aromatic heterocycles. The SMILES string of the molecule is CCOCCNC1CCc2cc(Cl)ccc21. The summed E-state index contributed by atoms with van der Waals surface area (Å²) in [6, 6.07) is 6.68. The lowest BCUT2D eigenvalue weighted by atomic mass is 10.1. The van der Waals surface area contributed by atoms with Crippen LogP contribution in [0.3, 0.4) is 0 Å². The van der Waals surface area contributed by atoms with Gasteiger partial charge in [-0.3, -0.25) is 0 Å². The van der Waals surface area contributed by atoms with Crippen molar-refractivity contribution in [1.82, 2.24) is 5.32 Å². The topological polar surface area (TPSA) is 21.3 Å². The molecule has 1 aromatic rings. The van der Waals surface area contributed by atoms with Gasteiger partial charge in [-0.25, -0.2) is 0 Å². The number of hydrogen-bond acceptors (Lipinski definition) is 2. The van der Waals surface area contributed by atoms with Crippen molar-refractivity contribution in [2.24, 2.45) is 0 Å². The van der Waals surface area contributed by atoms with E-state index in [1.54, 1.807) is 0 Å². The molecule has 0 fully saturated rings. The van der Waals surface area contributed by atoms with Crippen molar-refractivity contribution in [2.45, 2.75) is 25.8 Å². The molecular weight excluding hydrogens is 222 g/mol. The Morgan fingerprint density at radius 2 is 2.38 bits per heavy atom. The summed E-state index contributed by atoms with van der Waals surface area (Å²) < 4.78 is 5.32. The summed E-state index contributed by atoms with van der Waals surface area (Å²) in [7, 11) is 0. The molecule has 0 spiro atoms. The molecule has 0 saturated heterocycles. The van der Waals surface area contributed by atoms with Crippen LogP contribution in [0.2, 0.25) is 5.02 Å². The second-order valence-corrected chi connectivity index (χ2v) is 4.52. The van der Waals surface area contributed by atoms with Gasteiger partial charge in [0, 0.05) is 24.2 Å². The zero-order chi connectivity index (χ0) is 11.4. The molecule has 0 bridgehead atoms. The standard InChI is InChI=1S/C13H18ClNO/c1-2-16-8-7-15-13-6-3-10-9-11(14)4-5-12(10)13/h4-5,9,13,15H,2-3,6-8H2,1H3. The predicted molar refractivity (Wildman–Crippen MR) is 67.0 cm³/mol. The van der Waals surface area contributed by atoms with Crippen LogP contribution in [-0.4, -0.2) is 19.8 Å². The largest absolute Gasteiger partial charge is 0.380 e. The third-order valence-corrected chi connectivity index (χ3v) is 3.26. The van der Waals surface area contributed by atoms with Gasteiger partial charge in [0.25, 0.3) is 0 Å². The van der Waals surface area contributed by atoms with Gasteiger partial charge in [0.15, 0.2) is 0 Å². The highest BCUT2D eigenvalue weighted by molar-refractivity contribution is 6.30. The number of ether oxygens (including phenoxy) is 1. The quantitative estimate of drug-likeness (QED) is 0.798. The van der Waals surface area contributed by atoms with Crippen LogP contribution in [0.25, 0.3) is 0 Å². The molecule has 1 unspecified atom stereocenters. The third-order valence-electron chi connectivity index (χ3n) is 3.02. The van der Waals surface area contributed by atoms with Crippen LogP contribution in [-0.2, 0) is 11.2 Å². The molecule has 1 aromatic carbocycles. The van der Waals surface area contributed by atoms with E-state index in [2.05, 4.69) is 17.4 Å². The number of nitrogens with one attached hydrogen (secondary N) is 1. The van der Waals surface area contributed by atoms with Gasteiger partial charge in [-0.15, -0.1) is 0 Å². The Balaban J connectivity index is 1.91. The molecule has 1 atom stereocenters. The van der Waals surface area contributed by atoms with Gasteiger partial charge in [-0.05, 0) is 43.0 Å². The van der Waals surface area contributed by atoms with E-state index in [1.165, 1.54) is 17.5 Å². The van der Waals surface area contributed by atoms with E-state index < -0.39 is 0 Å². The molecular formula is C13H18ClNO. The fraction of sp³-hybridized carbons (Fsp3) is 0.538. The normalized spacial score (nSPS) is 18.8. The van der Waals surface area contributed by atoms with Crippen molar-refractivity contribution in [3.05, 3.63) is 34.3 Å². The zero-order valence-corrected chi connectivity index (χ0v) is 10.4. The van der Waals surface area contributed by atoms with Crippen LogP contribution in [0.1, 0.15) is 30.5 Å². The van der Waals surface area contributed by atoms with Crippen molar-refractivity contribution in [3.8, 4) is 0 Å². The average Bonchev–Trinajstić information content (AvgIpc) is 2.67. The number of rotatable bonds is 5. The fourth-order valence-electron chi connectivity index (χ4n) is 2.25. The number of hydrogen-bond donors (Lipinski definition) is 1. The van der Waals surface area contributed by atoms with E-state index >= 15 is 0 Å². The molecule has 0 amide bonds. The minimum Gasteiger partial charge on any atom is -0.380 e. The summed E-state index contributed by atoms with van der Waals surface area (Å²) in [5.74, 6) is 0. The Morgan fingerprint density at radius 3 is 3.19 bits per heavy atom. The first kappa shape index (κ1) is 11.9. The van der Waals surface area contributed by atoms with E-state index in [1.807, 2.05) is 13.0 Å². The first-order valence-electron chi connectivity index (χ1n) is 5.90. The Kier molecular flexibility index (Phi) is 4.22. The van der Waals surface area contributed by atoms with Gasteiger partial charge >= 0.3 is 0 Å². The summed E-state index contributed by atoms with van der Waals surface area (Å²) >= 11 is 5.98. The Morgan fingerprint density at radius 1 is 1.50 bits per heavy atom. The molecule has 1 aliphatic rings. The molecule has 1 aliphatic carbocycles. The second-order valence-electron chi connectivity index (χ2n) is 4.09. The van der Waals surface area contributed by atoms with E-state index in [4.69, 9.17) is 16.3 Å². The van der Waals surface area contributed by atoms with Crippen molar-refractivity contribution in [2.75, 3.05) is 19.8 Å². The molecule has 1 N–H and O–H groups in total. The smallest absolute Gasteiger partial charge is 0.0590 e. The second kappa shape index (κ2) is 5.67. The molecule has 0 saturated carbocycles. The molecule has 88 valence electrons. The molecule has 2 rings (SSSR count). The maximum absolute atomic E-state index is 5.98. The van der Waals surface area contributed by atoms with E-state index in [-0.39, 0.29) is 0 Å². The molecule has 0 heterocycles. The highest BCUT2D eigenvalue weighted by Gasteiger charge is 2.21. The first-order valence-corrected chi connectivity index (χ1v) is 6.28. The fourth-order valence-corrected chi connectivity index (χ4v) is 2.44. The summed E-state index contributed by atoms with van der Waals surface area (Å²) in [5, 5.41) is 4.37. The lowest BCUT2D eigenvalue weighted by molar-refractivity contribution is 0.147. The molecule has 16 heavy (non-hydrogen) atoms. The van der Waals surface area contributed by atoms with Crippen LogP contribution < -0.4 is 5.32 Å². The van der Waals surface area contributed by atoms with E-state index in [0.717, 1.165) is 31.2 Å². The van der Waals surface area contributed by atoms with Gasteiger partial charge < -0.3 is 10.1 Å². The molecule has 0 radical (unpaired) electrons. The zero-order valence-electron chi connectivity index (χ0n) is 9.63. The number of halogens is 1. The Labute approximate surface area is 102 Å². The third kappa shape index (κ3) is 2.76. The van der Waals surface area contributed by atoms with Crippen LogP contribution in [0, 0.1) is 0 Å². The summed E-state index contributed by atoms with van der Waals surface area (Å²) in [6.07, 6.45) is 2.30. The highest BCUT2D eigenvalue weighted by Crippen LogP contribution is 2.32. The molecule has 3 heteroatoms. The number of benzene rings is 1. The van der Waals surface area contributed by atoms with E-state index in [9.17, 15) is 0 Å². The summed E-state index contributed by atoms with van der Waals surface area (Å²) in [5.41, 5.74) is 2.79. The first-order chi connectivity index (χ1) is 7.81. The van der Waals surface area contributed by atoms with Crippen molar-refractivity contribution in [1.29, 1.82) is 0 Å². The summed E-state index contributed by atoms with van der Waals surface area (Å²) in [4.78, 5) is 0. The monoisotopic (exact) mass is 239 g/mol. The predicted octanol–water partition coefficient (Wildman–Crippen LogP) is 2.95. The number of fused-ring (bicyclic) bond motifs is 1. The Bertz CT molecular complexity index is 354. The lowest BCUT2D eigenvalue weighted by Gasteiger charge is -2.13. The Hall–Kier alpha value is -0.570. The van der Waals surface area contributed by atoms with Crippen LogP contribution in [0.4, 0.5) is 0 Å². The highest BCUT2D eigenvalue weighted by atomic mass is 35.5. The minimum atomic E-state index is 0.479. The van der Waals surface area contributed by atoms with Crippen molar-refractivity contribution in [3.63, 3.8) is 0 Å². The van der Waals surface area contributed by atoms with Crippen molar-refractivity contribution < 1.29 is 4.74 Å². The molecule has 2 nitrogen and oxygen atoms in total. The van der Waals surface area contributed by atoms with Gasteiger partial charge in [-0.1, -0.05) is 17.7 Å². The maximum Gasteiger partial charge on any atom is 0.0590 e. The lowest BCUT2D eigenvalue weighted by Crippen LogP contribution is -2.23. The van der Waals surface area contributed by atoms with E-state index in [0.29, 0.717) is 6.04 Å². The number of aryl methyl sites for hydroxylation is 1. The van der Waals surface area contributed by atoms with Crippen LogP contribution >= 0.6 is 11.6 Å². The van der Waals surface area contributed by atoms with Gasteiger partial charge in [-0.2, -0.15) is 0 Å². The van der Waals surface area contributed by atoms with Gasteiger partial charge in [0.05, 0.1) is 6.61 Å².